The number of nitrogens with zero attached hydrogens (tertiary/aromatic N) is 1. The summed E-state index contributed by atoms with van der Waals surface area (Å²) in [6, 6.07) is 1.31. The Labute approximate surface area is 123 Å². The minimum atomic E-state index is -1.89. The van der Waals surface area contributed by atoms with E-state index in [9.17, 15) is 18.5 Å². The van der Waals surface area contributed by atoms with Gasteiger partial charge in [0.05, 0.1) is 0 Å². The molecule has 1 unspecified atom stereocenters. The summed E-state index contributed by atoms with van der Waals surface area (Å²) in [6.07, 6.45) is 1.07. The van der Waals surface area contributed by atoms with Crippen molar-refractivity contribution in [2.45, 2.75) is 32.3 Å². The molecule has 0 aromatic heterocycles. The zero-order valence-corrected chi connectivity index (χ0v) is 12.4. The molecule has 3 rings (SSSR count). The molecule has 8 heteroatoms. The van der Waals surface area contributed by atoms with Crippen molar-refractivity contribution >= 4 is 22.8 Å². The Balaban J connectivity index is 2.08. The number of fused-ring (bicyclic) bond motifs is 1. The maximum Gasteiger partial charge on any atom is 0.253 e. The molecule has 1 atom stereocenters. The molecule has 1 saturated heterocycles. The number of phenols is 1. The lowest BCUT2D eigenvalue weighted by Gasteiger charge is -2.33. The largest absolute Gasteiger partial charge is 0.505 e. The quantitative estimate of drug-likeness (QED) is 0.815. The highest BCUT2D eigenvalue weighted by atomic mass is 32.2. The van der Waals surface area contributed by atoms with Crippen molar-refractivity contribution < 1.29 is 23.2 Å². The van der Waals surface area contributed by atoms with Crippen molar-refractivity contribution in [1.82, 2.24) is 4.72 Å². The highest BCUT2D eigenvalue weighted by Crippen LogP contribution is 2.43. The van der Waals surface area contributed by atoms with E-state index in [1.165, 1.54) is 6.07 Å². The Hall–Kier alpha value is -1.83. The van der Waals surface area contributed by atoms with Gasteiger partial charge in [0.25, 0.3) is 5.91 Å². The van der Waals surface area contributed by atoms with Crippen LogP contribution in [0, 0.1) is 5.82 Å². The van der Waals surface area contributed by atoms with Crippen LogP contribution in [-0.4, -0.2) is 27.4 Å². The van der Waals surface area contributed by atoms with Crippen LogP contribution < -0.4 is 13.8 Å². The summed E-state index contributed by atoms with van der Waals surface area (Å²) in [6.45, 7) is 3.51. The Morgan fingerprint density at radius 2 is 2.24 bits per heavy atom. The molecule has 21 heavy (non-hydrogen) atoms. The molecule has 0 aliphatic carbocycles. The van der Waals surface area contributed by atoms with Crippen LogP contribution in [-0.2, 0) is 22.4 Å². The molecule has 0 saturated carbocycles. The molecule has 6 nitrogen and oxygen atoms in total. The van der Waals surface area contributed by atoms with Crippen molar-refractivity contribution in [3.05, 3.63) is 17.4 Å². The highest BCUT2D eigenvalue weighted by molar-refractivity contribution is 7.85. The van der Waals surface area contributed by atoms with E-state index in [-0.39, 0.29) is 18.0 Å². The lowest BCUT2D eigenvalue weighted by molar-refractivity contribution is -0.117. The molecule has 1 fully saturated rings. The van der Waals surface area contributed by atoms with Crippen LogP contribution in [0.15, 0.2) is 6.07 Å². The molecule has 0 radical (unpaired) electrons. The number of phenolic OH excluding ortho intramolecular Hbond substituents is 1. The normalized spacial score (nSPS) is 23.5. The van der Waals surface area contributed by atoms with E-state index in [1.54, 1.807) is 0 Å². The molecule has 2 aliphatic rings. The molecule has 1 amide bonds. The Morgan fingerprint density at radius 1 is 1.52 bits per heavy atom. The van der Waals surface area contributed by atoms with Gasteiger partial charge in [0.1, 0.15) is 29.3 Å². The second-order valence-corrected chi connectivity index (χ2v) is 6.85. The first-order valence-corrected chi connectivity index (χ1v) is 7.61. The van der Waals surface area contributed by atoms with E-state index in [2.05, 4.69) is 4.72 Å². The SMILES string of the molecule is CC1(C)CCc2c(cc(O)c(N3CC(=O)NS3=O)c2F)O1. The first-order valence-electron chi connectivity index (χ1n) is 6.51. The van der Waals surface area contributed by atoms with Gasteiger partial charge in [-0.2, -0.15) is 0 Å². The van der Waals surface area contributed by atoms with Crippen molar-refractivity contribution in [2.75, 3.05) is 10.8 Å². The van der Waals surface area contributed by atoms with Crippen molar-refractivity contribution in [3.8, 4) is 11.5 Å². The van der Waals surface area contributed by atoms with E-state index in [0.717, 1.165) is 4.31 Å². The van der Waals surface area contributed by atoms with Gasteiger partial charge in [-0.05, 0) is 26.7 Å². The lowest BCUT2D eigenvalue weighted by atomic mass is 9.93. The molecule has 2 N–H and O–H groups in total. The van der Waals surface area contributed by atoms with E-state index in [4.69, 9.17) is 4.74 Å². The maximum atomic E-state index is 14.7. The molecular formula is C13H15FN2O4S. The van der Waals surface area contributed by atoms with Gasteiger partial charge in [-0.3, -0.25) is 13.8 Å². The third-order valence-corrected chi connectivity index (χ3v) is 4.70. The Bertz CT molecular complexity index is 662. The van der Waals surface area contributed by atoms with Crippen LogP contribution in [0.3, 0.4) is 0 Å². The smallest absolute Gasteiger partial charge is 0.253 e. The number of anilines is 1. The predicted molar refractivity (Wildman–Crippen MR) is 74.7 cm³/mol. The van der Waals surface area contributed by atoms with Crippen LogP contribution in [0.1, 0.15) is 25.8 Å². The fourth-order valence-corrected chi connectivity index (χ4v) is 3.46. The van der Waals surface area contributed by atoms with Gasteiger partial charge < -0.3 is 9.84 Å². The zero-order valence-electron chi connectivity index (χ0n) is 11.6. The number of ether oxygens (including phenoxy) is 1. The topological polar surface area (TPSA) is 78.9 Å². The van der Waals surface area contributed by atoms with E-state index >= 15 is 0 Å². The molecule has 2 heterocycles. The number of amides is 1. The number of rotatable bonds is 1. The maximum absolute atomic E-state index is 14.7. The van der Waals surface area contributed by atoms with E-state index in [0.29, 0.717) is 18.4 Å². The van der Waals surface area contributed by atoms with Crippen LogP contribution >= 0.6 is 0 Å². The monoisotopic (exact) mass is 314 g/mol. The number of halogens is 1. The minimum Gasteiger partial charge on any atom is -0.505 e. The number of aromatic hydroxyl groups is 1. The Morgan fingerprint density at radius 3 is 2.86 bits per heavy atom. The summed E-state index contributed by atoms with van der Waals surface area (Å²) in [5, 5.41) is 10.0. The van der Waals surface area contributed by atoms with Gasteiger partial charge >= 0.3 is 0 Å². The summed E-state index contributed by atoms with van der Waals surface area (Å²) in [5.74, 6) is -1.28. The lowest BCUT2D eigenvalue weighted by Crippen LogP contribution is -2.33. The van der Waals surface area contributed by atoms with Crippen LogP contribution in [0.2, 0.25) is 0 Å². The number of carbonyl (C=O) groups is 1. The van der Waals surface area contributed by atoms with Crippen molar-refractivity contribution in [2.24, 2.45) is 0 Å². The van der Waals surface area contributed by atoms with Gasteiger partial charge in [0, 0.05) is 11.6 Å². The average Bonchev–Trinajstić information content (AvgIpc) is 2.66. The molecule has 114 valence electrons. The average molecular weight is 314 g/mol. The molecule has 2 aliphatic heterocycles. The fraction of sp³-hybridized carbons (Fsp3) is 0.462. The summed E-state index contributed by atoms with van der Waals surface area (Å²) in [5.41, 5.74) is -0.325. The molecule has 1 aromatic carbocycles. The summed E-state index contributed by atoms with van der Waals surface area (Å²) < 4.78 is 35.3. The van der Waals surface area contributed by atoms with Gasteiger partial charge in [-0.1, -0.05) is 0 Å². The standard InChI is InChI=1S/C13H15FN2O4S/c1-13(2)4-3-7-9(20-13)5-8(17)12(11(7)14)16-6-10(18)15-21(16)19/h5,17H,3-4,6H2,1-2H3,(H,15,18). The number of hydrogen-bond acceptors (Lipinski definition) is 4. The molecule has 0 bridgehead atoms. The second kappa shape index (κ2) is 4.59. The zero-order chi connectivity index (χ0) is 15.4. The first kappa shape index (κ1) is 14.1. The van der Waals surface area contributed by atoms with Gasteiger partial charge in [-0.25, -0.2) is 8.60 Å². The number of benzene rings is 1. The summed E-state index contributed by atoms with van der Waals surface area (Å²) in [7, 11) is 0. The fourth-order valence-electron chi connectivity index (χ4n) is 2.51. The summed E-state index contributed by atoms with van der Waals surface area (Å²) >= 11 is -1.89. The predicted octanol–water partition coefficient (Wildman–Crippen LogP) is 1.15. The van der Waals surface area contributed by atoms with Gasteiger partial charge in [0.15, 0.2) is 5.82 Å². The van der Waals surface area contributed by atoms with Crippen LogP contribution in [0.4, 0.5) is 10.1 Å². The third kappa shape index (κ3) is 2.33. The Kier molecular flexibility index (Phi) is 3.09. The molecule has 0 spiro atoms. The van der Waals surface area contributed by atoms with Gasteiger partial charge in [-0.15, -0.1) is 0 Å². The van der Waals surface area contributed by atoms with Gasteiger partial charge in [0.2, 0.25) is 11.2 Å². The van der Waals surface area contributed by atoms with Crippen LogP contribution in [0.25, 0.3) is 0 Å². The minimum absolute atomic E-state index is 0.228. The van der Waals surface area contributed by atoms with Crippen LogP contribution in [0.5, 0.6) is 11.5 Å². The molecular weight excluding hydrogens is 299 g/mol. The van der Waals surface area contributed by atoms with E-state index < -0.39 is 34.2 Å². The number of nitrogens with one attached hydrogen (secondary N) is 1. The highest BCUT2D eigenvalue weighted by Gasteiger charge is 2.36. The number of carbonyl (C=O) groups excluding carboxylic acids is 1. The first-order chi connectivity index (χ1) is 9.78. The summed E-state index contributed by atoms with van der Waals surface area (Å²) in [4.78, 5) is 11.3. The molecule has 1 aromatic rings. The second-order valence-electron chi connectivity index (χ2n) is 5.71. The third-order valence-electron chi connectivity index (χ3n) is 3.58. The number of hydrogen-bond donors (Lipinski definition) is 2. The van der Waals surface area contributed by atoms with Crippen molar-refractivity contribution in [3.63, 3.8) is 0 Å². The van der Waals surface area contributed by atoms with Crippen molar-refractivity contribution in [1.29, 1.82) is 0 Å². The van der Waals surface area contributed by atoms with E-state index in [1.807, 2.05) is 13.8 Å².